The lowest BCUT2D eigenvalue weighted by molar-refractivity contribution is 0.963. The molecule has 1 aromatic rings. The fourth-order valence-electron chi connectivity index (χ4n) is 0.496. The van der Waals surface area contributed by atoms with E-state index < -0.39 is 0 Å². The first-order valence-corrected chi connectivity index (χ1v) is 4.69. The van der Waals surface area contributed by atoms with Crippen molar-refractivity contribution in [3.8, 4) is 0 Å². The number of hydrogen-bond donors (Lipinski definition) is 0. The molecule has 3 heteroatoms. The van der Waals surface area contributed by atoms with Crippen LogP contribution >= 0.6 is 0 Å². The largest absolute Gasteiger partial charge is 0.344 e. The molecule has 2 nitrogen and oxygen atoms in total. The van der Waals surface area contributed by atoms with Crippen LogP contribution < -0.4 is 0 Å². The van der Waals surface area contributed by atoms with Crippen LogP contribution in [-0.2, 0) is 10.9 Å². The van der Waals surface area contributed by atoms with Crippen molar-refractivity contribution < 1.29 is 0 Å². The SMILES string of the molecule is C[S+](C)c1ncccn1. The topological polar surface area (TPSA) is 25.8 Å². The van der Waals surface area contributed by atoms with Crippen LogP contribution in [0.5, 0.6) is 0 Å². The maximum absolute atomic E-state index is 4.08. The quantitative estimate of drug-likeness (QED) is 0.425. The molecule has 0 spiro atoms. The Morgan fingerprint density at radius 3 is 2.11 bits per heavy atom. The predicted molar refractivity (Wildman–Crippen MR) is 39.5 cm³/mol. The van der Waals surface area contributed by atoms with Crippen LogP contribution in [0.15, 0.2) is 23.6 Å². The molecule has 1 aromatic heterocycles. The highest BCUT2D eigenvalue weighted by Crippen LogP contribution is 1.96. The molecule has 0 N–H and O–H groups in total. The lowest BCUT2D eigenvalue weighted by atomic mass is 10.7. The van der Waals surface area contributed by atoms with E-state index in [2.05, 4.69) is 22.5 Å². The molecule has 0 aliphatic rings. The normalized spacial score (nSPS) is 10.1. The summed E-state index contributed by atoms with van der Waals surface area (Å²) in [6, 6.07) is 1.83. The van der Waals surface area contributed by atoms with E-state index in [1.807, 2.05) is 6.07 Å². The van der Waals surface area contributed by atoms with Gasteiger partial charge in [-0.1, -0.05) is 0 Å². The fourth-order valence-corrected chi connectivity index (χ4v) is 1.04. The molecule has 0 amide bonds. The Morgan fingerprint density at radius 1 is 1.22 bits per heavy atom. The number of rotatable bonds is 1. The van der Waals surface area contributed by atoms with Gasteiger partial charge in [0.2, 0.25) is 0 Å². The van der Waals surface area contributed by atoms with Crippen LogP contribution in [0.1, 0.15) is 0 Å². The van der Waals surface area contributed by atoms with Gasteiger partial charge in [-0.2, -0.15) is 9.97 Å². The van der Waals surface area contributed by atoms with E-state index in [1.54, 1.807) is 12.4 Å². The minimum absolute atomic E-state index is 0.199. The van der Waals surface area contributed by atoms with Gasteiger partial charge in [-0.05, 0) is 6.07 Å². The lowest BCUT2D eigenvalue weighted by Crippen LogP contribution is -2.00. The van der Waals surface area contributed by atoms with Crippen molar-refractivity contribution in [2.75, 3.05) is 12.5 Å². The highest BCUT2D eigenvalue weighted by atomic mass is 32.2. The van der Waals surface area contributed by atoms with Gasteiger partial charge in [0.1, 0.15) is 12.5 Å². The van der Waals surface area contributed by atoms with Gasteiger partial charge in [-0.25, -0.2) is 0 Å². The van der Waals surface area contributed by atoms with Crippen LogP contribution in [0.4, 0.5) is 0 Å². The first-order chi connectivity index (χ1) is 4.30. The summed E-state index contributed by atoms with van der Waals surface area (Å²) in [5, 5.41) is 0.942. The van der Waals surface area contributed by atoms with Gasteiger partial charge in [0.05, 0.1) is 10.9 Å². The molecule has 48 valence electrons. The first-order valence-electron chi connectivity index (χ1n) is 2.65. The van der Waals surface area contributed by atoms with Gasteiger partial charge >= 0.3 is 5.16 Å². The number of nitrogens with zero attached hydrogens (tertiary/aromatic N) is 2. The smallest absolute Gasteiger partial charge is 0.192 e. The van der Waals surface area contributed by atoms with E-state index in [0.717, 1.165) is 5.16 Å². The second-order valence-corrected chi connectivity index (χ2v) is 3.85. The molecule has 9 heavy (non-hydrogen) atoms. The molecule has 0 saturated heterocycles. The van der Waals surface area contributed by atoms with Crippen molar-refractivity contribution >= 4 is 10.9 Å². The molecule has 0 saturated carbocycles. The Labute approximate surface area is 57.7 Å². The number of aromatic nitrogens is 2. The second-order valence-electron chi connectivity index (χ2n) is 1.85. The Balaban J connectivity index is 2.85. The zero-order valence-corrected chi connectivity index (χ0v) is 6.35. The summed E-state index contributed by atoms with van der Waals surface area (Å²) in [6.45, 7) is 0. The summed E-state index contributed by atoms with van der Waals surface area (Å²) in [5.41, 5.74) is 0. The predicted octanol–water partition coefficient (Wildman–Crippen LogP) is 0.713. The summed E-state index contributed by atoms with van der Waals surface area (Å²) in [4.78, 5) is 8.16. The molecule has 0 bridgehead atoms. The Morgan fingerprint density at radius 2 is 1.78 bits per heavy atom. The summed E-state index contributed by atoms with van der Waals surface area (Å²) in [7, 11) is 0.199. The molecule has 0 radical (unpaired) electrons. The molecule has 0 fully saturated rings. The minimum atomic E-state index is 0.199. The van der Waals surface area contributed by atoms with Crippen LogP contribution in [0.3, 0.4) is 0 Å². The van der Waals surface area contributed by atoms with Crippen LogP contribution in [0.25, 0.3) is 0 Å². The van der Waals surface area contributed by atoms with E-state index in [1.165, 1.54) is 0 Å². The molecule has 1 heterocycles. The molecular weight excluding hydrogens is 132 g/mol. The monoisotopic (exact) mass is 141 g/mol. The minimum Gasteiger partial charge on any atom is -0.192 e. The maximum atomic E-state index is 4.08. The zero-order chi connectivity index (χ0) is 6.69. The van der Waals surface area contributed by atoms with E-state index >= 15 is 0 Å². The summed E-state index contributed by atoms with van der Waals surface area (Å²) >= 11 is 0. The summed E-state index contributed by atoms with van der Waals surface area (Å²) in [5.74, 6) is 0. The molecule has 0 aromatic carbocycles. The van der Waals surface area contributed by atoms with Crippen LogP contribution in [0.2, 0.25) is 0 Å². The van der Waals surface area contributed by atoms with E-state index in [-0.39, 0.29) is 10.9 Å². The molecule has 0 atom stereocenters. The van der Waals surface area contributed by atoms with Crippen molar-refractivity contribution in [2.24, 2.45) is 0 Å². The zero-order valence-electron chi connectivity index (χ0n) is 5.53. The Kier molecular flexibility index (Phi) is 2.05. The van der Waals surface area contributed by atoms with Gasteiger partial charge in [-0.3, -0.25) is 0 Å². The van der Waals surface area contributed by atoms with Crippen molar-refractivity contribution in [3.63, 3.8) is 0 Å². The van der Waals surface area contributed by atoms with Crippen molar-refractivity contribution in [2.45, 2.75) is 5.16 Å². The third-order valence-corrected chi connectivity index (χ3v) is 1.85. The standard InChI is InChI=1S/C6H9N2S/c1-9(2)6-7-4-3-5-8-6/h3-5H,1-2H3/q+1. The Hall–Kier alpha value is -0.570. The van der Waals surface area contributed by atoms with Gasteiger partial charge in [0.15, 0.2) is 0 Å². The third kappa shape index (κ3) is 1.68. The van der Waals surface area contributed by atoms with Crippen molar-refractivity contribution in [1.29, 1.82) is 0 Å². The lowest BCUT2D eigenvalue weighted by Gasteiger charge is -1.89. The van der Waals surface area contributed by atoms with Crippen molar-refractivity contribution in [1.82, 2.24) is 9.97 Å². The maximum Gasteiger partial charge on any atom is 0.344 e. The molecule has 0 aliphatic heterocycles. The van der Waals surface area contributed by atoms with Crippen LogP contribution in [-0.4, -0.2) is 22.5 Å². The van der Waals surface area contributed by atoms with Crippen molar-refractivity contribution in [3.05, 3.63) is 18.5 Å². The number of hydrogen-bond acceptors (Lipinski definition) is 2. The summed E-state index contributed by atoms with van der Waals surface area (Å²) in [6.07, 6.45) is 7.76. The average Bonchev–Trinajstić information content (AvgIpc) is 1.90. The van der Waals surface area contributed by atoms with Gasteiger partial charge in [0, 0.05) is 12.4 Å². The first kappa shape index (κ1) is 6.55. The molecule has 0 unspecified atom stereocenters. The molecule has 1 rings (SSSR count). The van der Waals surface area contributed by atoms with Gasteiger partial charge < -0.3 is 0 Å². The molecular formula is C6H9N2S+. The molecule has 0 aliphatic carbocycles. The third-order valence-electron chi connectivity index (χ3n) is 0.907. The van der Waals surface area contributed by atoms with Gasteiger partial charge in [0.25, 0.3) is 0 Å². The van der Waals surface area contributed by atoms with Gasteiger partial charge in [-0.15, -0.1) is 0 Å². The van der Waals surface area contributed by atoms with E-state index in [0.29, 0.717) is 0 Å². The summed E-state index contributed by atoms with van der Waals surface area (Å²) < 4.78 is 0. The fraction of sp³-hybridized carbons (Fsp3) is 0.333. The Bertz CT molecular complexity index is 174. The highest BCUT2D eigenvalue weighted by molar-refractivity contribution is 7.95. The second kappa shape index (κ2) is 2.82. The van der Waals surface area contributed by atoms with E-state index in [4.69, 9.17) is 0 Å². The van der Waals surface area contributed by atoms with E-state index in [9.17, 15) is 0 Å². The van der Waals surface area contributed by atoms with Crippen LogP contribution in [0, 0.1) is 0 Å². The highest BCUT2D eigenvalue weighted by Gasteiger charge is 2.08. The average molecular weight is 141 g/mol.